The van der Waals surface area contributed by atoms with E-state index in [0.717, 1.165) is 0 Å². The fourth-order valence-corrected chi connectivity index (χ4v) is 2.15. The van der Waals surface area contributed by atoms with Gasteiger partial charge in [0.25, 0.3) is 5.91 Å². The van der Waals surface area contributed by atoms with Crippen molar-refractivity contribution in [2.24, 2.45) is 0 Å². The normalized spacial score (nSPS) is 18.7. The maximum Gasteiger partial charge on any atom is 0.256 e. The molecule has 0 radical (unpaired) electrons. The molecule has 1 aromatic heterocycles. The molecule has 2 rings (SSSR count). The lowest BCUT2D eigenvalue weighted by molar-refractivity contribution is -0.130. The Hall–Kier alpha value is -2.15. The molecule has 1 saturated heterocycles. The van der Waals surface area contributed by atoms with E-state index < -0.39 is 6.04 Å². The van der Waals surface area contributed by atoms with Crippen LogP contribution in [-0.2, 0) is 9.53 Å². The number of carbonyl (C=O) groups excluding carboxylic acids is 2. The summed E-state index contributed by atoms with van der Waals surface area (Å²) in [6.45, 7) is 2.71. The lowest BCUT2D eigenvalue weighted by Crippen LogP contribution is -2.55. The van der Waals surface area contributed by atoms with Gasteiger partial charge >= 0.3 is 0 Å². The standard InChI is InChI=1S/C13H18N4O3/c1-8-10(5-9(14)6-16-8)13(19)17-3-4-20-7-11(17)12(18)15-2/h5-6,11H,3-4,7,14H2,1-2H3,(H,15,18). The minimum atomic E-state index is -0.623. The van der Waals surface area contributed by atoms with Crippen molar-refractivity contribution in [2.45, 2.75) is 13.0 Å². The first kappa shape index (κ1) is 14.3. The van der Waals surface area contributed by atoms with Crippen LogP contribution >= 0.6 is 0 Å². The summed E-state index contributed by atoms with van der Waals surface area (Å²) in [5.74, 6) is -0.494. The molecule has 2 amide bonds. The number of rotatable bonds is 2. The fourth-order valence-electron chi connectivity index (χ4n) is 2.15. The van der Waals surface area contributed by atoms with Gasteiger partial charge in [0.2, 0.25) is 5.91 Å². The molecule has 3 N–H and O–H groups in total. The van der Waals surface area contributed by atoms with E-state index in [-0.39, 0.29) is 18.4 Å². The van der Waals surface area contributed by atoms with Gasteiger partial charge in [-0.25, -0.2) is 0 Å². The van der Waals surface area contributed by atoms with Crippen LogP contribution in [0.1, 0.15) is 16.1 Å². The summed E-state index contributed by atoms with van der Waals surface area (Å²) < 4.78 is 5.28. The quantitative estimate of drug-likeness (QED) is 0.764. The first-order valence-electron chi connectivity index (χ1n) is 6.37. The summed E-state index contributed by atoms with van der Waals surface area (Å²) in [5, 5.41) is 2.54. The molecule has 20 heavy (non-hydrogen) atoms. The van der Waals surface area contributed by atoms with Crippen molar-refractivity contribution in [2.75, 3.05) is 32.5 Å². The number of pyridine rings is 1. The van der Waals surface area contributed by atoms with E-state index >= 15 is 0 Å². The van der Waals surface area contributed by atoms with E-state index in [0.29, 0.717) is 30.1 Å². The van der Waals surface area contributed by atoms with E-state index in [4.69, 9.17) is 10.5 Å². The number of hydrogen-bond acceptors (Lipinski definition) is 5. The van der Waals surface area contributed by atoms with Gasteiger partial charge in [-0.05, 0) is 13.0 Å². The Balaban J connectivity index is 2.30. The maximum absolute atomic E-state index is 12.6. The van der Waals surface area contributed by atoms with Crippen molar-refractivity contribution in [1.82, 2.24) is 15.2 Å². The summed E-state index contributed by atoms with van der Waals surface area (Å²) in [5.41, 5.74) is 7.10. The first-order chi connectivity index (χ1) is 9.54. The second-order valence-electron chi connectivity index (χ2n) is 4.61. The molecular formula is C13H18N4O3. The Labute approximate surface area is 117 Å². The zero-order valence-corrected chi connectivity index (χ0v) is 11.5. The Morgan fingerprint density at radius 3 is 3.00 bits per heavy atom. The topological polar surface area (TPSA) is 97.5 Å². The van der Waals surface area contributed by atoms with Crippen LogP contribution in [0.3, 0.4) is 0 Å². The number of aromatic nitrogens is 1. The second-order valence-corrected chi connectivity index (χ2v) is 4.61. The molecule has 1 aliphatic rings. The van der Waals surface area contributed by atoms with Gasteiger partial charge in [-0.3, -0.25) is 14.6 Å². The molecule has 0 spiro atoms. The molecule has 2 heterocycles. The van der Waals surface area contributed by atoms with Crippen molar-refractivity contribution in [1.29, 1.82) is 0 Å². The van der Waals surface area contributed by atoms with Gasteiger partial charge in [0, 0.05) is 13.6 Å². The smallest absolute Gasteiger partial charge is 0.256 e. The monoisotopic (exact) mass is 278 g/mol. The van der Waals surface area contributed by atoms with Gasteiger partial charge in [0.05, 0.1) is 36.4 Å². The minimum Gasteiger partial charge on any atom is -0.397 e. The second kappa shape index (κ2) is 5.87. The van der Waals surface area contributed by atoms with Crippen molar-refractivity contribution in [3.63, 3.8) is 0 Å². The Bertz CT molecular complexity index is 532. The number of aryl methyl sites for hydroxylation is 1. The molecule has 0 aromatic carbocycles. The number of nitrogen functional groups attached to an aromatic ring is 1. The van der Waals surface area contributed by atoms with Crippen LogP contribution in [-0.4, -0.2) is 54.5 Å². The number of ether oxygens (including phenoxy) is 1. The van der Waals surface area contributed by atoms with Crippen LogP contribution in [0.4, 0.5) is 5.69 Å². The van der Waals surface area contributed by atoms with E-state index in [9.17, 15) is 9.59 Å². The van der Waals surface area contributed by atoms with Crippen molar-refractivity contribution >= 4 is 17.5 Å². The molecular weight excluding hydrogens is 260 g/mol. The third kappa shape index (κ3) is 2.72. The van der Waals surface area contributed by atoms with Gasteiger partial charge in [-0.15, -0.1) is 0 Å². The highest BCUT2D eigenvalue weighted by atomic mass is 16.5. The number of hydrogen-bond donors (Lipinski definition) is 2. The van der Waals surface area contributed by atoms with Crippen LogP contribution in [0, 0.1) is 6.92 Å². The summed E-state index contributed by atoms with van der Waals surface area (Å²) >= 11 is 0. The molecule has 0 aliphatic carbocycles. The molecule has 1 fully saturated rings. The molecule has 7 nitrogen and oxygen atoms in total. The highest BCUT2D eigenvalue weighted by Gasteiger charge is 2.33. The SMILES string of the molecule is CNC(=O)C1COCCN1C(=O)c1cc(N)cnc1C. The molecule has 1 unspecified atom stereocenters. The average Bonchev–Trinajstić information content (AvgIpc) is 2.48. The van der Waals surface area contributed by atoms with Crippen LogP contribution in [0.25, 0.3) is 0 Å². The minimum absolute atomic E-state index is 0.195. The van der Waals surface area contributed by atoms with E-state index in [2.05, 4.69) is 10.3 Å². The Morgan fingerprint density at radius 1 is 1.55 bits per heavy atom. The van der Waals surface area contributed by atoms with Crippen LogP contribution in [0.2, 0.25) is 0 Å². The molecule has 108 valence electrons. The molecule has 7 heteroatoms. The third-order valence-electron chi connectivity index (χ3n) is 3.28. The number of anilines is 1. The highest BCUT2D eigenvalue weighted by Crippen LogP contribution is 2.16. The average molecular weight is 278 g/mol. The van der Waals surface area contributed by atoms with Gasteiger partial charge < -0.3 is 20.7 Å². The van der Waals surface area contributed by atoms with E-state index in [1.807, 2.05) is 0 Å². The Morgan fingerprint density at radius 2 is 2.30 bits per heavy atom. The van der Waals surface area contributed by atoms with E-state index in [1.165, 1.54) is 18.1 Å². The number of morpholine rings is 1. The zero-order valence-electron chi connectivity index (χ0n) is 11.5. The summed E-state index contributed by atoms with van der Waals surface area (Å²) in [4.78, 5) is 30.0. The largest absolute Gasteiger partial charge is 0.397 e. The zero-order chi connectivity index (χ0) is 14.7. The van der Waals surface area contributed by atoms with Gasteiger partial charge in [-0.1, -0.05) is 0 Å². The highest BCUT2D eigenvalue weighted by molar-refractivity contribution is 5.99. The molecule has 0 bridgehead atoms. The van der Waals surface area contributed by atoms with E-state index in [1.54, 1.807) is 13.0 Å². The maximum atomic E-state index is 12.6. The lowest BCUT2D eigenvalue weighted by atomic mass is 10.1. The van der Waals surface area contributed by atoms with Gasteiger partial charge in [-0.2, -0.15) is 0 Å². The predicted molar refractivity (Wildman–Crippen MR) is 73.1 cm³/mol. The number of amides is 2. The number of likely N-dealkylation sites (N-methyl/N-ethyl adjacent to an activating group) is 1. The molecule has 0 saturated carbocycles. The first-order valence-corrected chi connectivity index (χ1v) is 6.37. The number of nitrogens with one attached hydrogen (secondary N) is 1. The van der Waals surface area contributed by atoms with Crippen molar-refractivity contribution in [3.8, 4) is 0 Å². The lowest BCUT2D eigenvalue weighted by Gasteiger charge is -2.34. The summed E-state index contributed by atoms with van der Waals surface area (Å²) in [6.07, 6.45) is 1.50. The third-order valence-corrected chi connectivity index (χ3v) is 3.28. The summed E-state index contributed by atoms with van der Waals surface area (Å²) in [6, 6.07) is 0.961. The van der Waals surface area contributed by atoms with Crippen LogP contribution in [0.15, 0.2) is 12.3 Å². The van der Waals surface area contributed by atoms with Gasteiger partial charge in [0.1, 0.15) is 6.04 Å². The molecule has 1 atom stereocenters. The Kier molecular flexibility index (Phi) is 4.19. The predicted octanol–water partition coefficient (Wildman–Crippen LogP) is -0.441. The van der Waals surface area contributed by atoms with Crippen LogP contribution < -0.4 is 11.1 Å². The number of nitrogens with two attached hydrogens (primary N) is 1. The molecule has 1 aliphatic heterocycles. The van der Waals surface area contributed by atoms with Crippen LogP contribution in [0.5, 0.6) is 0 Å². The molecule has 1 aromatic rings. The van der Waals surface area contributed by atoms with Gasteiger partial charge in [0.15, 0.2) is 0 Å². The fraction of sp³-hybridized carbons (Fsp3) is 0.462. The number of carbonyl (C=O) groups is 2. The number of nitrogens with zero attached hydrogens (tertiary/aromatic N) is 2. The van der Waals surface area contributed by atoms with Crippen molar-refractivity contribution < 1.29 is 14.3 Å². The summed E-state index contributed by atoms with van der Waals surface area (Å²) in [7, 11) is 1.53. The van der Waals surface area contributed by atoms with Crippen molar-refractivity contribution in [3.05, 3.63) is 23.5 Å².